The Balaban J connectivity index is 2.17. The number of hydrogen-bond acceptors (Lipinski definition) is 5. The Hall–Kier alpha value is -2.15. The van der Waals surface area contributed by atoms with Crippen LogP contribution in [-0.2, 0) is 9.53 Å². The highest BCUT2D eigenvalue weighted by Gasteiger charge is 2.45. The van der Waals surface area contributed by atoms with Crippen LogP contribution in [0.25, 0.3) is 0 Å². The fourth-order valence-corrected chi connectivity index (χ4v) is 3.07. The molecule has 0 spiro atoms. The molecule has 2 rings (SSSR count). The minimum atomic E-state index is -1.13. The number of amides is 1. The lowest BCUT2D eigenvalue weighted by atomic mass is 9.80. The van der Waals surface area contributed by atoms with E-state index >= 15 is 0 Å². The van der Waals surface area contributed by atoms with E-state index in [2.05, 4.69) is 4.98 Å². The number of pyridine rings is 1. The number of aliphatic carboxylic acids is 1. The Morgan fingerprint density at radius 3 is 2.62 bits per heavy atom. The molecule has 1 aromatic heterocycles. The zero-order valence-corrected chi connectivity index (χ0v) is 14.2. The van der Waals surface area contributed by atoms with Gasteiger partial charge in [-0.2, -0.15) is 0 Å². The maximum Gasteiger partial charge on any atom is 0.329 e. The Labute approximate surface area is 141 Å². The predicted octanol–water partition coefficient (Wildman–Crippen LogP) is 1.97. The van der Waals surface area contributed by atoms with E-state index in [0.717, 1.165) is 19.3 Å². The van der Waals surface area contributed by atoms with E-state index in [1.54, 1.807) is 20.2 Å². The maximum atomic E-state index is 12.8. The largest absolute Gasteiger partial charge is 0.479 e. The van der Waals surface area contributed by atoms with Gasteiger partial charge >= 0.3 is 5.97 Å². The van der Waals surface area contributed by atoms with Crippen molar-refractivity contribution < 1.29 is 24.2 Å². The van der Waals surface area contributed by atoms with Crippen LogP contribution in [0.15, 0.2) is 18.3 Å². The summed E-state index contributed by atoms with van der Waals surface area (Å²) in [6.45, 7) is 0.748. The highest BCUT2D eigenvalue weighted by atomic mass is 16.5. The first-order valence-electron chi connectivity index (χ1n) is 8.10. The van der Waals surface area contributed by atoms with Crippen LogP contribution in [0.2, 0.25) is 0 Å². The molecule has 1 saturated carbocycles. The standard InChI is InChI=1S/C17H24N2O5/c1-19(17(16(21)22)7-4-3-5-8-17)15(20)13-6-9-18-14(12-13)24-11-10-23-2/h6,9,12H,3-5,7-8,10-11H2,1-2H3,(H,21,22). The zero-order chi connectivity index (χ0) is 17.6. The summed E-state index contributed by atoms with van der Waals surface area (Å²) in [7, 11) is 3.13. The first kappa shape index (κ1) is 18.2. The summed E-state index contributed by atoms with van der Waals surface area (Å²) >= 11 is 0. The number of aromatic nitrogens is 1. The number of carbonyl (C=O) groups is 2. The second-order valence-electron chi connectivity index (χ2n) is 5.99. The van der Waals surface area contributed by atoms with E-state index in [1.807, 2.05) is 0 Å². The Bertz CT molecular complexity index is 584. The predicted molar refractivity (Wildman–Crippen MR) is 87.2 cm³/mol. The van der Waals surface area contributed by atoms with Crippen LogP contribution in [0.3, 0.4) is 0 Å². The van der Waals surface area contributed by atoms with Gasteiger partial charge in [0.1, 0.15) is 12.1 Å². The summed E-state index contributed by atoms with van der Waals surface area (Å²) in [4.78, 5) is 30.1. The third kappa shape index (κ3) is 3.84. The summed E-state index contributed by atoms with van der Waals surface area (Å²) < 4.78 is 10.3. The van der Waals surface area contributed by atoms with Gasteiger partial charge in [0.2, 0.25) is 5.88 Å². The second-order valence-corrected chi connectivity index (χ2v) is 5.99. The number of nitrogens with zero attached hydrogens (tertiary/aromatic N) is 2. The van der Waals surface area contributed by atoms with Gasteiger partial charge in [0.25, 0.3) is 5.91 Å². The van der Waals surface area contributed by atoms with Crippen LogP contribution >= 0.6 is 0 Å². The lowest BCUT2D eigenvalue weighted by Crippen LogP contribution is -2.56. The number of likely N-dealkylation sites (N-methyl/N-ethyl adjacent to an activating group) is 1. The van der Waals surface area contributed by atoms with Crippen molar-refractivity contribution in [3.63, 3.8) is 0 Å². The summed E-state index contributed by atoms with van der Waals surface area (Å²) in [6.07, 6.45) is 5.07. The molecule has 0 bridgehead atoms. The van der Waals surface area contributed by atoms with Gasteiger partial charge in [0, 0.05) is 32.0 Å². The average molecular weight is 336 g/mol. The molecule has 1 fully saturated rings. The molecule has 1 amide bonds. The molecule has 0 radical (unpaired) electrons. The van der Waals surface area contributed by atoms with Crippen LogP contribution in [0, 0.1) is 0 Å². The number of rotatable bonds is 7. The molecule has 0 unspecified atom stereocenters. The average Bonchev–Trinajstić information content (AvgIpc) is 2.61. The molecule has 7 heteroatoms. The second kappa shape index (κ2) is 8.10. The molecule has 0 atom stereocenters. The Kier molecular flexibility index (Phi) is 6.14. The fourth-order valence-electron chi connectivity index (χ4n) is 3.07. The van der Waals surface area contributed by atoms with Gasteiger partial charge in [0.15, 0.2) is 0 Å². The van der Waals surface area contributed by atoms with Crippen LogP contribution in [0.4, 0.5) is 0 Å². The molecule has 1 aliphatic rings. The van der Waals surface area contributed by atoms with Crippen molar-refractivity contribution in [2.24, 2.45) is 0 Å². The van der Waals surface area contributed by atoms with Crippen molar-refractivity contribution >= 4 is 11.9 Å². The molecular weight excluding hydrogens is 312 g/mol. The summed E-state index contributed by atoms with van der Waals surface area (Å²) in [6, 6.07) is 3.10. The van der Waals surface area contributed by atoms with Crippen LogP contribution < -0.4 is 4.74 Å². The molecule has 1 heterocycles. The third-order valence-corrected chi connectivity index (χ3v) is 4.54. The van der Waals surface area contributed by atoms with E-state index < -0.39 is 11.5 Å². The lowest BCUT2D eigenvalue weighted by molar-refractivity contribution is -0.151. The topological polar surface area (TPSA) is 89.0 Å². The minimum Gasteiger partial charge on any atom is -0.479 e. The Morgan fingerprint density at radius 1 is 1.29 bits per heavy atom. The van der Waals surface area contributed by atoms with E-state index in [1.165, 1.54) is 17.2 Å². The molecule has 1 aliphatic carbocycles. The summed E-state index contributed by atoms with van der Waals surface area (Å²) in [5.74, 6) is -0.957. The molecule has 24 heavy (non-hydrogen) atoms. The highest BCUT2D eigenvalue weighted by molar-refractivity contribution is 5.97. The minimum absolute atomic E-state index is 0.319. The van der Waals surface area contributed by atoms with E-state index in [9.17, 15) is 14.7 Å². The van der Waals surface area contributed by atoms with E-state index in [4.69, 9.17) is 9.47 Å². The summed E-state index contributed by atoms with van der Waals surface area (Å²) in [5.41, 5.74) is -0.763. The van der Waals surface area contributed by atoms with Gasteiger partial charge in [-0.05, 0) is 18.9 Å². The van der Waals surface area contributed by atoms with Crippen molar-refractivity contribution in [3.8, 4) is 5.88 Å². The molecule has 1 aromatic rings. The molecule has 0 saturated heterocycles. The molecular formula is C17H24N2O5. The van der Waals surface area contributed by atoms with Crippen molar-refractivity contribution in [1.82, 2.24) is 9.88 Å². The molecule has 0 aliphatic heterocycles. The number of carboxylic acids is 1. The van der Waals surface area contributed by atoms with Crippen molar-refractivity contribution in [2.45, 2.75) is 37.6 Å². The van der Waals surface area contributed by atoms with Gasteiger partial charge in [-0.25, -0.2) is 9.78 Å². The van der Waals surface area contributed by atoms with E-state index in [-0.39, 0.29) is 5.91 Å². The Morgan fingerprint density at radius 2 is 2.00 bits per heavy atom. The number of ether oxygens (including phenoxy) is 2. The van der Waals surface area contributed by atoms with Crippen molar-refractivity contribution in [2.75, 3.05) is 27.4 Å². The van der Waals surface area contributed by atoms with E-state index in [0.29, 0.717) is 37.5 Å². The first-order valence-corrected chi connectivity index (χ1v) is 8.10. The molecule has 1 N–H and O–H groups in total. The smallest absolute Gasteiger partial charge is 0.329 e. The lowest BCUT2D eigenvalue weighted by Gasteiger charge is -2.41. The van der Waals surface area contributed by atoms with Gasteiger partial charge in [-0.1, -0.05) is 19.3 Å². The number of hydrogen-bond donors (Lipinski definition) is 1. The molecule has 132 valence electrons. The quantitative estimate of drug-likeness (QED) is 0.766. The third-order valence-electron chi connectivity index (χ3n) is 4.54. The highest BCUT2D eigenvalue weighted by Crippen LogP contribution is 2.34. The summed E-state index contributed by atoms with van der Waals surface area (Å²) in [5, 5.41) is 9.71. The number of carboxylic acid groups (broad SMARTS) is 1. The first-order chi connectivity index (χ1) is 11.5. The number of carbonyl (C=O) groups excluding carboxylic acids is 1. The fraction of sp³-hybridized carbons (Fsp3) is 0.588. The molecule has 0 aromatic carbocycles. The number of methoxy groups -OCH3 is 1. The van der Waals surface area contributed by atoms with Crippen molar-refractivity contribution in [1.29, 1.82) is 0 Å². The van der Waals surface area contributed by atoms with Gasteiger partial charge in [-0.15, -0.1) is 0 Å². The maximum absolute atomic E-state index is 12.8. The normalized spacial score (nSPS) is 16.4. The monoisotopic (exact) mass is 336 g/mol. The van der Waals surface area contributed by atoms with Crippen LogP contribution in [0.5, 0.6) is 5.88 Å². The SMILES string of the molecule is COCCOc1cc(C(=O)N(C)C2(C(=O)O)CCCCC2)ccn1. The van der Waals surface area contributed by atoms with Gasteiger partial charge in [-0.3, -0.25) is 4.79 Å². The van der Waals surface area contributed by atoms with Gasteiger partial charge < -0.3 is 19.5 Å². The zero-order valence-electron chi connectivity index (χ0n) is 14.2. The van der Waals surface area contributed by atoms with Crippen molar-refractivity contribution in [3.05, 3.63) is 23.9 Å². The van der Waals surface area contributed by atoms with Crippen LogP contribution in [0.1, 0.15) is 42.5 Å². The van der Waals surface area contributed by atoms with Crippen LogP contribution in [-0.4, -0.2) is 59.8 Å². The molecule has 7 nitrogen and oxygen atoms in total. The van der Waals surface area contributed by atoms with Gasteiger partial charge in [0.05, 0.1) is 6.61 Å².